The first-order valence-electron chi connectivity index (χ1n) is 9.21. The van der Waals surface area contributed by atoms with E-state index in [1.165, 1.54) is 17.5 Å². The number of likely N-dealkylation sites (N-methyl/N-ethyl adjacent to an activating group) is 1. The molecular formula is C19H29N3O2. The molecule has 24 heavy (non-hydrogen) atoms. The van der Waals surface area contributed by atoms with Crippen LogP contribution in [0.15, 0.2) is 24.3 Å². The van der Waals surface area contributed by atoms with E-state index in [4.69, 9.17) is 0 Å². The maximum atomic E-state index is 12.8. The number of rotatable bonds is 6. The van der Waals surface area contributed by atoms with Gasteiger partial charge in [-0.1, -0.05) is 31.2 Å². The van der Waals surface area contributed by atoms with E-state index in [9.17, 15) is 9.90 Å². The molecule has 0 spiro atoms. The van der Waals surface area contributed by atoms with Gasteiger partial charge in [0, 0.05) is 19.1 Å². The molecule has 0 radical (unpaired) electrons. The molecule has 2 N–H and O–H groups in total. The number of aliphatic hydroxyl groups excluding tert-OH is 1. The highest BCUT2D eigenvalue weighted by atomic mass is 16.3. The molecular weight excluding hydrogens is 302 g/mol. The third-order valence-corrected chi connectivity index (χ3v) is 5.47. The zero-order chi connectivity index (χ0) is 16.9. The predicted molar refractivity (Wildman–Crippen MR) is 95.0 cm³/mol. The number of carbonyl (C=O) groups excluding carboxylic acids is 1. The number of aliphatic hydroxyl groups is 1. The van der Waals surface area contributed by atoms with Gasteiger partial charge in [0.1, 0.15) is 0 Å². The first-order valence-corrected chi connectivity index (χ1v) is 9.21. The van der Waals surface area contributed by atoms with Crippen molar-refractivity contribution in [3.05, 3.63) is 35.4 Å². The monoisotopic (exact) mass is 331 g/mol. The van der Waals surface area contributed by atoms with Gasteiger partial charge in [0.25, 0.3) is 0 Å². The molecule has 2 aliphatic rings. The lowest BCUT2D eigenvalue weighted by Crippen LogP contribution is -2.47. The fourth-order valence-electron chi connectivity index (χ4n) is 4.21. The van der Waals surface area contributed by atoms with Crippen LogP contribution in [0.4, 0.5) is 4.79 Å². The van der Waals surface area contributed by atoms with Gasteiger partial charge >= 0.3 is 6.03 Å². The maximum absolute atomic E-state index is 12.8. The summed E-state index contributed by atoms with van der Waals surface area (Å²) >= 11 is 0. The smallest absolute Gasteiger partial charge is 0.318 e. The van der Waals surface area contributed by atoms with Gasteiger partial charge < -0.3 is 15.3 Å². The average Bonchev–Trinajstić information content (AvgIpc) is 3.24. The number of amides is 2. The van der Waals surface area contributed by atoms with Crippen molar-refractivity contribution in [3.8, 4) is 0 Å². The van der Waals surface area contributed by atoms with Gasteiger partial charge in [-0.25, -0.2) is 4.79 Å². The van der Waals surface area contributed by atoms with Crippen LogP contribution in [0, 0.1) is 0 Å². The van der Waals surface area contributed by atoms with Gasteiger partial charge in [0.15, 0.2) is 0 Å². The lowest BCUT2D eigenvalue weighted by atomic mass is 10.1. The number of hydrogen-bond donors (Lipinski definition) is 2. The quantitative estimate of drug-likeness (QED) is 0.840. The Morgan fingerprint density at radius 1 is 1.38 bits per heavy atom. The summed E-state index contributed by atoms with van der Waals surface area (Å²) in [5, 5.41) is 12.5. The Hall–Kier alpha value is -1.59. The second-order valence-corrected chi connectivity index (χ2v) is 6.78. The van der Waals surface area contributed by atoms with Gasteiger partial charge in [-0.15, -0.1) is 0 Å². The first-order chi connectivity index (χ1) is 11.7. The summed E-state index contributed by atoms with van der Waals surface area (Å²) in [5.41, 5.74) is 2.56. The van der Waals surface area contributed by atoms with E-state index in [2.05, 4.69) is 35.3 Å². The summed E-state index contributed by atoms with van der Waals surface area (Å²) in [6, 6.07) is 8.82. The predicted octanol–water partition coefficient (Wildman–Crippen LogP) is 2.16. The Morgan fingerprint density at radius 2 is 2.21 bits per heavy atom. The SMILES string of the molecule is CCN1CCCC1CNC(=O)N(CCO)C1CCc2ccccc21. The second-order valence-electron chi connectivity index (χ2n) is 6.78. The van der Waals surface area contributed by atoms with E-state index >= 15 is 0 Å². The topological polar surface area (TPSA) is 55.8 Å². The number of nitrogens with zero attached hydrogens (tertiary/aromatic N) is 2. The normalized spacial score (nSPS) is 23.2. The number of likely N-dealkylation sites (tertiary alicyclic amines) is 1. The number of benzene rings is 1. The van der Waals surface area contributed by atoms with E-state index in [0.29, 0.717) is 19.1 Å². The van der Waals surface area contributed by atoms with Crippen molar-refractivity contribution in [2.75, 3.05) is 32.8 Å². The van der Waals surface area contributed by atoms with Crippen LogP contribution in [0.2, 0.25) is 0 Å². The number of urea groups is 1. The van der Waals surface area contributed by atoms with Crippen LogP contribution in [0.5, 0.6) is 0 Å². The Kier molecular flexibility index (Phi) is 5.74. The van der Waals surface area contributed by atoms with E-state index in [1.807, 2.05) is 11.0 Å². The van der Waals surface area contributed by atoms with Crippen LogP contribution in [0.25, 0.3) is 0 Å². The Morgan fingerprint density at radius 3 is 3.00 bits per heavy atom. The molecule has 1 fully saturated rings. The molecule has 1 aromatic carbocycles. The lowest BCUT2D eigenvalue weighted by molar-refractivity contribution is 0.148. The minimum absolute atomic E-state index is 0.00337. The highest BCUT2D eigenvalue weighted by Gasteiger charge is 2.31. The summed E-state index contributed by atoms with van der Waals surface area (Å²) in [6.07, 6.45) is 4.31. The van der Waals surface area contributed by atoms with Crippen LogP contribution in [0.1, 0.15) is 43.4 Å². The van der Waals surface area contributed by atoms with Crippen molar-refractivity contribution in [3.63, 3.8) is 0 Å². The summed E-state index contributed by atoms with van der Waals surface area (Å²) in [6.45, 7) is 5.42. The van der Waals surface area contributed by atoms with Crippen LogP contribution in [0.3, 0.4) is 0 Å². The van der Waals surface area contributed by atoms with Gasteiger partial charge in [0.05, 0.1) is 12.6 Å². The molecule has 3 rings (SSSR count). The van der Waals surface area contributed by atoms with E-state index < -0.39 is 0 Å². The number of aryl methyl sites for hydroxylation is 1. The van der Waals surface area contributed by atoms with Gasteiger partial charge in [-0.3, -0.25) is 4.90 Å². The van der Waals surface area contributed by atoms with Crippen LogP contribution in [-0.2, 0) is 6.42 Å². The second kappa shape index (κ2) is 7.99. The van der Waals surface area contributed by atoms with E-state index in [1.54, 1.807) is 0 Å². The van der Waals surface area contributed by atoms with Crippen molar-refractivity contribution < 1.29 is 9.90 Å². The summed E-state index contributed by atoms with van der Waals surface area (Å²) < 4.78 is 0. The molecule has 2 atom stereocenters. The Labute approximate surface area is 144 Å². The molecule has 1 saturated heterocycles. The fourth-order valence-corrected chi connectivity index (χ4v) is 4.21. The van der Waals surface area contributed by atoms with Crippen molar-refractivity contribution in [2.24, 2.45) is 0 Å². The summed E-state index contributed by atoms with van der Waals surface area (Å²) in [4.78, 5) is 17.0. The van der Waals surface area contributed by atoms with Crippen molar-refractivity contribution >= 4 is 6.03 Å². The number of nitrogens with one attached hydrogen (secondary N) is 1. The minimum atomic E-state index is -0.0475. The summed E-state index contributed by atoms with van der Waals surface area (Å²) in [5.74, 6) is 0. The third-order valence-electron chi connectivity index (χ3n) is 5.47. The molecule has 2 amide bonds. The van der Waals surface area contributed by atoms with Gasteiger partial charge in [0.2, 0.25) is 0 Å². The Bertz CT molecular complexity index is 563. The molecule has 0 aromatic heterocycles. The zero-order valence-corrected chi connectivity index (χ0v) is 14.6. The molecule has 1 aliphatic carbocycles. The highest BCUT2D eigenvalue weighted by Crippen LogP contribution is 2.35. The first kappa shape index (κ1) is 17.2. The molecule has 1 aliphatic heterocycles. The van der Waals surface area contributed by atoms with Crippen LogP contribution < -0.4 is 5.32 Å². The average molecular weight is 331 g/mol. The standard InChI is InChI=1S/C19H29N3O2/c1-2-21-11-5-7-16(21)14-20-19(24)22(12-13-23)18-10-9-15-6-3-4-8-17(15)18/h3-4,6,8,16,18,23H,2,5,7,9-14H2,1H3,(H,20,24). The van der Waals surface area contributed by atoms with Gasteiger partial charge in [-0.05, 0) is 49.9 Å². The van der Waals surface area contributed by atoms with E-state index in [0.717, 1.165) is 32.4 Å². The fraction of sp³-hybridized carbons (Fsp3) is 0.632. The lowest BCUT2D eigenvalue weighted by Gasteiger charge is -2.31. The summed E-state index contributed by atoms with van der Waals surface area (Å²) in [7, 11) is 0. The molecule has 1 aromatic rings. The minimum Gasteiger partial charge on any atom is -0.395 e. The molecule has 5 heteroatoms. The highest BCUT2D eigenvalue weighted by molar-refractivity contribution is 5.75. The molecule has 0 saturated carbocycles. The molecule has 132 valence electrons. The largest absolute Gasteiger partial charge is 0.395 e. The van der Waals surface area contributed by atoms with Crippen molar-refractivity contribution in [1.29, 1.82) is 0 Å². The van der Waals surface area contributed by atoms with E-state index in [-0.39, 0.29) is 18.7 Å². The number of fused-ring (bicyclic) bond motifs is 1. The number of hydrogen-bond acceptors (Lipinski definition) is 3. The maximum Gasteiger partial charge on any atom is 0.318 e. The molecule has 2 unspecified atom stereocenters. The van der Waals surface area contributed by atoms with Crippen molar-refractivity contribution in [2.45, 2.75) is 44.7 Å². The molecule has 5 nitrogen and oxygen atoms in total. The third kappa shape index (κ3) is 3.57. The van der Waals surface area contributed by atoms with Crippen molar-refractivity contribution in [1.82, 2.24) is 15.1 Å². The van der Waals surface area contributed by atoms with Gasteiger partial charge in [-0.2, -0.15) is 0 Å². The molecule has 0 bridgehead atoms. The Balaban J connectivity index is 1.64. The number of carbonyl (C=O) groups is 1. The zero-order valence-electron chi connectivity index (χ0n) is 14.6. The van der Waals surface area contributed by atoms with Crippen LogP contribution >= 0.6 is 0 Å². The van der Waals surface area contributed by atoms with Crippen LogP contribution in [-0.4, -0.2) is 59.8 Å². The molecule has 1 heterocycles.